The summed E-state index contributed by atoms with van der Waals surface area (Å²) >= 11 is 0. The fourth-order valence-corrected chi connectivity index (χ4v) is 2.24. The van der Waals surface area contributed by atoms with Crippen LogP contribution in [0.4, 0.5) is 0 Å². The average Bonchev–Trinajstić information content (AvgIpc) is 2.09. The highest BCUT2D eigenvalue weighted by Gasteiger charge is 2.25. The first-order chi connectivity index (χ1) is 6.15. The van der Waals surface area contributed by atoms with E-state index in [2.05, 4.69) is 30.9 Å². The maximum absolute atomic E-state index is 5.78. The molecule has 0 radical (unpaired) electrons. The van der Waals surface area contributed by atoms with Gasteiger partial charge in [-0.15, -0.1) is 0 Å². The van der Waals surface area contributed by atoms with E-state index in [0.717, 1.165) is 12.5 Å². The van der Waals surface area contributed by atoms with Crippen molar-refractivity contribution in [2.24, 2.45) is 11.7 Å². The predicted molar refractivity (Wildman–Crippen MR) is 56.8 cm³/mol. The van der Waals surface area contributed by atoms with Crippen LogP contribution in [-0.4, -0.2) is 56.6 Å². The maximum atomic E-state index is 5.78. The zero-order chi connectivity index (χ0) is 9.84. The molecule has 0 saturated carbocycles. The molecule has 1 saturated heterocycles. The highest BCUT2D eigenvalue weighted by atomic mass is 15.1. The Morgan fingerprint density at radius 2 is 1.92 bits per heavy atom. The van der Waals surface area contributed by atoms with Gasteiger partial charge < -0.3 is 15.5 Å². The Morgan fingerprint density at radius 3 is 2.31 bits per heavy atom. The third-order valence-electron chi connectivity index (χ3n) is 3.21. The Hall–Kier alpha value is -0.120. The minimum Gasteiger partial charge on any atom is -0.329 e. The second-order valence-corrected chi connectivity index (χ2v) is 4.41. The fourth-order valence-electron chi connectivity index (χ4n) is 2.24. The van der Waals surface area contributed by atoms with Crippen LogP contribution in [0.2, 0.25) is 0 Å². The Bertz CT molecular complexity index is 139. The number of hydrogen-bond acceptors (Lipinski definition) is 3. The van der Waals surface area contributed by atoms with E-state index in [9.17, 15) is 0 Å². The van der Waals surface area contributed by atoms with E-state index in [-0.39, 0.29) is 0 Å². The Kier molecular flexibility index (Phi) is 4.16. The van der Waals surface area contributed by atoms with Crippen molar-refractivity contribution in [3.05, 3.63) is 0 Å². The molecule has 2 N–H and O–H groups in total. The largest absolute Gasteiger partial charge is 0.329 e. The van der Waals surface area contributed by atoms with Crippen LogP contribution in [0.25, 0.3) is 0 Å². The van der Waals surface area contributed by atoms with Gasteiger partial charge in [0.25, 0.3) is 0 Å². The average molecular weight is 185 g/mol. The first-order valence-electron chi connectivity index (χ1n) is 5.20. The van der Waals surface area contributed by atoms with Crippen LogP contribution < -0.4 is 5.73 Å². The third-order valence-corrected chi connectivity index (χ3v) is 3.21. The molecule has 1 aliphatic rings. The summed E-state index contributed by atoms with van der Waals surface area (Å²) in [5.74, 6) is 0.802. The molecule has 1 unspecified atom stereocenters. The van der Waals surface area contributed by atoms with Crippen molar-refractivity contribution >= 4 is 0 Å². The molecular formula is C10H23N3. The van der Waals surface area contributed by atoms with Gasteiger partial charge in [-0.25, -0.2) is 0 Å². The van der Waals surface area contributed by atoms with E-state index in [1.54, 1.807) is 0 Å². The molecule has 0 aliphatic carbocycles. The number of rotatable bonds is 3. The summed E-state index contributed by atoms with van der Waals surface area (Å²) in [6.45, 7) is 3.26. The molecular weight excluding hydrogens is 162 g/mol. The molecule has 1 rings (SSSR count). The summed E-state index contributed by atoms with van der Waals surface area (Å²) in [5.41, 5.74) is 5.78. The smallest absolute Gasteiger partial charge is 0.0241 e. The lowest BCUT2D eigenvalue weighted by Gasteiger charge is -2.36. The topological polar surface area (TPSA) is 32.5 Å². The van der Waals surface area contributed by atoms with Crippen LogP contribution in [0.3, 0.4) is 0 Å². The molecule has 0 spiro atoms. The maximum Gasteiger partial charge on any atom is 0.0241 e. The van der Waals surface area contributed by atoms with E-state index >= 15 is 0 Å². The minimum atomic E-state index is 0.577. The van der Waals surface area contributed by atoms with Gasteiger partial charge in [0.05, 0.1) is 0 Å². The first kappa shape index (κ1) is 11.0. The molecule has 1 heterocycles. The highest BCUT2D eigenvalue weighted by molar-refractivity contribution is 4.81. The Balaban J connectivity index is 2.41. The van der Waals surface area contributed by atoms with Gasteiger partial charge in [-0.3, -0.25) is 0 Å². The zero-order valence-corrected chi connectivity index (χ0v) is 9.16. The molecule has 1 fully saturated rings. The number of nitrogens with zero attached hydrogens (tertiary/aromatic N) is 2. The third kappa shape index (κ3) is 2.93. The molecule has 0 bridgehead atoms. The van der Waals surface area contributed by atoms with Crippen molar-refractivity contribution in [2.75, 3.05) is 40.8 Å². The quantitative estimate of drug-likeness (QED) is 0.682. The summed E-state index contributed by atoms with van der Waals surface area (Å²) < 4.78 is 0. The number of nitrogens with two attached hydrogens (primary N) is 1. The van der Waals surface area contributed by atoms with E-state index < -0.39 is 0 Å². The zero-order valence-electron chi connectivity index (χ0n) is 9.16. The molecule has 13 heavy (non-hydrogen) atoms. The SMILES string of the molecule is CN1CCC(C(CN)N(C)C)CC1. The minimum absolute atomic E-state index is 0.577. The summed E-state index contributed by atoms with van der Waals surface area (Å²) in [6, 6.07) is 0.577. The number of piperidine rings is 1. The Labute approximate surface area is 81.9 Å². The second-order valence-electron chi connectivity index (χ2n) is 4.41. The Morgan fingerprint density at radius 1 is 1.38 bits per heavy atom. The van der Waals surface area contributed by atoms with Crippen molar-refractivity contribution in [1.82, 2.24) is 9.80 Å². The van der Waals surface area contributed by atoms with Crippen LogP contribution >= 0.6 is 0 Å². The standard InChI is InChI=1S/C10H23N3/c1-12(2)10(8-11)9-4-6-13(3)7-5-9/h9-10H,4-8,11H2,1-3H3. The van der Waals surface area contributed by atoms with Gasteiger partial charge in [-0.1, -0.05) is 0 Å². The number of hydrogen-bond donors (Lipinski definition) is 1. The second kappa shape index (κ2) is 4.94. The molecule has 78 valence electrons. The fraction of sp³-hybridized carbons (Fsp3) is 1.00. The van der Waals surface area contributed by atoms with Crippen LogP contribution in [0.1, 0.15) is 12.8 Å². The molecule has 0 aromatic rings. The van der Waals surface area contributed by atoms with Crippen LogP contribution in [0, 0.1) is 5.92 Å². The van der Waals surface area contributed by atoms with Gasteiger partial charge >= 0.3 is 0 Å². The predicted octanol–water partition coefficient (Wildman–Crippen LogP) is 0.217. The molecule has 0 aromatic carbocycles. The molecule has 0 aromatic heterocycles. The van der Waals surface area contributed by atoms with Crippen molar-refractivity contribution in [1.29, 1.82) is 0 Å². The summed E-state index contributed by atoms with van der Waals surface area (Å²) in [4.78, 5) is 4.68. The van der Waals surface area contributed by atoms with Crippen molar-refractivity contribution < 1.29 is 0 Å². The van der Waals surface area contributed by atoms with Gasteiger partial charge in [0, 0.05) is 12.6 Å². The van der Waals surface area contributed by atoms with E-state index in [1.807, 2.05) is 0 Å². The van der Waals surface area contributed by atoms with Crippen LogP contribution in [0.5, 0.6) is 0 Å². The normalized spacial score (nSPS) is 23.8. The molecule has 1 atom stereocenters. The van der Waals surface area contributed by atoms with Crippen molar-refractivity contribution in [3.63, 3.8) is 0 Å². The van der Waals surface area contributed by atoms with Gasteiger partial charge in [0.1, 0.15) is 0 Å². The van der Waals surface area contributed by atoms with E-state index in [0.29, 0.717) is 6.04 Å². The lowest BCUT2D eigenvalue weighted by Crippen LogP contribution is -2.45. The van der Waals surface area contributed by atoms with Gasteiger partial charge in [-0.05, 0) is 53.0 Å². The number of likely N-dealkylation sites (N-methyl/N-ethyl adjacent to an activating group) is 1. The lowest BCUT2D eigenvalue weighted by atomic mass is 9.89. The summed E-state index contributed by atoms with van der Waals surface area (Å²) in [7, 11) is 6.47. The van der Waals surface area contributed by atoms with E-state index in [1.165, 1.54) is 25.9 Å². The summed E-state index contributed by atoms with van der Waals surface area (Å²) in [5, 5.41) is 0. The van der Waals surface area contributed by atoms with E-state index in [4.69, 9.17) is 5.73 Å². The molecule has 1 aliphatic heterocycles. The molecule has 3 nitrogen and oxygen atoms in total. The van der Waals surface area contributed by atoms with Gasteiger partial charge in [-0.2, -0.15) is 0 Å². The summed E-state index contributed by atoms with van der Waals surface area (Å²) in [6.07, 6.45) is 2.60. The highest BCUT2D eigenvalue weighted by Crippen LogP contribution is 2.21. The van der Waals surface area contributed by atoms with Gasteiger partial charge in [0.15, 0.2) is 0 Å². The molecule has 0 amide bonds. The van der Waals surface area contributed by atoms with Crippen molar-refractivity contribution in [3.8, 4) is 0 Å². The van der Waals surface area contributed by atoms with Crippen LogP contribution in [0.15, 0.2) is 0 Å². The molecule has 3 heteroatoms. The first-order valence-corrected chi connectivity index (χ1v) is 5.20. The monoisotopic (exact) mass is 185 g/mol. The lowest BCUT2D eigenvalue weighted by molar-refractivity contribution is 0.135. The number of likely N-dealkylation sites (tertiary alicyclic amines) is 1. The van der Waals surface area contributed by atoms with Gasteiger partial charge in [0.2, 0.25) is 0 Å². The van der Waals surface area contributed by atoms with Crippen LogP contribution in [-0.2, 0) is 0 Å². The van der Waals surface area contributed by atoms with Crippen molar-refractivity contribution in [2.45, 2.75) is 18.9 Å².